The van der Waals surface area contributed by atoms with Gasteiger partial charge in [0, 0.05) is 18.8 Å². The summed E-state index contributed by atoms with van der Waals surface area (Å²) in [6.07, 6.45) is 2.26. The predicted molar refractivity (Wildman–Crippen MR) is 73.5 cm³/mol. The molecule has 1 heterocycles. The molecule has 0 aromatic carbocycles. The molecule has 4 nitrogen and oxygen atoms in total. The second-order valence-corrected chi connectivity index (χ2v) is 5.33. The number of pyridine rings is 1. The van der Waals surface area contributed by atoms with Crippen LogP contribution in [0.2, 0.25) is 0 Å². The molecule has 1 rings (SSSR count). The van der Waals surface area contributed by atoms with Gasteiger partial charge in [0.1, 0.15) is 0 Å². The van der Waals surface area contributed by atoms with E-state index >= 15 is 0 Å². The number of likely N-dealkylation sites (N-methyl/N-ethyl adjacent to an activating group) is 1. The number of hydrogen-bond donors (Lipinski definition) is 1. The molecule has 0 aliphatic carbocycles. The minimum Gasteiger partial charge on any atom is -0.350 e. The van der Waals surface area contributed by atoms with E-state index in [1.165, 1.54) is 18.3 Å². The van der Waals surface area contributed by atoms with E-state index in [0.29, 0.717) is 18.0 Å². The zero-order chi connectivity index (χ0) is 14.4. The Balaban J connectivity index is 2.54. The predicted octanol–water partition coefficient (Wildman–Crippen LogP) is 1.93. The highest BCUT2D eigenvalue weighted by Gasteiger charge is 2.15. The van der Waals surface area contributed by atoms with Crippen LogP contribution >= 0.6 is 0 Å². The maximum absolute atomic E-state index is 12.7. The normalized spacial score (nSPS) is 12.8. The summed E-state index contributed by atoms with van der Waals surface area (Å²) in [7, 11) is 4.00. The monoisotopic (exact) mass is 267 g/mol. The van der Waals surface area contributed by atoms with Crippen molar-refractivity contribution in [3.8, 4) is 0 Å². The molecule has 1 N–H and O–H groups in total. The number of aromatic nitrogens is 1. The highest BCUT2D eigenvalue weighted by atomic mass is 19.1. The molecule has 1 unspecified atom stereocenters. The van der Waals surface area contributed by atoms with Crippen molar-refractivity contribution in [2.75, 3.05) is 20.6 Å². The maximum atomic E-state index is 12.7. The fourth-order valence-electron chi connectivity index (χ4n) is 1.84. The highest BCUT2D eigenvalue weighted by molar-refractivity contribution is 5.93. The average molecular weight is 267 g/mol. The molecule has 0 spiro atoms. The number of halogens is 1. The molecular formula is C14H22FN3O. The molecular weight excluding hydrogens is 245 g/mol. The summed E-state index contributed by atoms with van der Waals surface area (Å²) in [4.78, 5) is 17.4. The molecule has 19 heavy (non-hydrogen) atoms. The third-order valence-electron chi connectivity index (χ3n) is 2.96. The number of amides is 1. The number of rotatable bonds is 6. The van der Waals surface area contributed by atoms with Gasteiger partial charge in [0.2, 0.25) is 5.95 Å². The lowest BCUT2D eigenvalue weighted by molar-refractivity contribution is 0.0938. The molecule has 0 bridgehead atoms. The third-order valence-corrected chi connectivity index (χ3v) is 2.96. The van der Waals surface area contributed by atoms with Gasteiger partial charge in [-0.3, -0.25) is 4.79 Å². The van der Waals surface area contributed by atoms with Gasteiger partial charge in [0.15, 0.2) is 0 Å². The Kier molecular flexibility index (Phi) is 5.89. The summed E-state index contributed by atoms with van der Waals surface area (Å²) in [5, 5.41) is 2.86. The van der Waals surface area contributed by atoms with E-state index in [-0.39, 0.29) is 11.9 Å². The van der Waals surface area contributed by atoms with Gasteiger partial charge in [-0.2, -0.15) is 4.39 Å². The Morgan fingerprint density at radius 3 is 2.58 bits per heavy atom. The van der Waals surface area contributed by atoms with Crippen LogP contribution in [0.5, 0.6) is 0 Å². The molecule has 0 fully saturated rings. The summed E-state index contributed by atoms with van der Waals surface area (Å²) in [6, 6.07) is 2.91. The smallest absolute Gasteiger partial charge is 0.252 e. The molecule has 0 saturated carbocycles. The van der Waals surface area contributed by atoms with E-state index in [9.17, 15) is 9.18 Å². The van der Waals surface area contributed by atoms with Crippen LogP contribution in [0.1, 0.15) is 30.6 Å². The van der Waals surface area contributed by atoms with Crippen molar-refractivity contribution in [2.24, 2.45) is 5.92 Å². The van der Waals surface area contributed by atoms with E-state index in [2.05, 4.69) is 29.0 Å². The Morgan fingerprint density at radius 1 is 1.42 bits per heavy atom. The summed E-state index contributed by atoms with van der Waals surface area (Å²) in [5.74, 6) is -0.234. The number of carbonyl (C=O) groups excluding carboxylic acids is 1. The van der Waals surface area contributed by atoms with Crippen molar-refractivity contribution in [1.29, 1.82) is 0 Å². The lowest BCUT2D eigenvalue weighted by atomic mass is 10.0. The van der Waals surface area contributed by atoms with Gasteiger partial charge in [-0.1, -0.05) is 13.8 Å². The summed E-state index contributed by atoms with van der Waals surface area (Å²) < 4.78 is 12.7. The molecule has 106 valence electrons. The van der Waals surface area contributed by atoms with Crippen LogP contribution < -0.4 is 5.32 Å². The first-order valence-corrected chi connectivity index (χ1v) is 6.46. The van der Waals surface area contributed by atoms with Gasteiger partial charge in [0.05, 0.1) is 5.56 Å². The van der Waals surface area contributed by atoms with Gasteiger partial charge >= 0.3 is 0 Å². The fourth-order valence-corrected chi connectivity index (χ4v) is 1.84. The van der Waals surface area contributed by atoms with Gasteiger partial charge in [-0.25, -0.2) is 4.98 Å². The van der Waals surface area contributed by atoms with Crippen molar-refractivity contribution in [1.82, 2.24) is 15.2 Å². The van der Waals surface area contributed by atoms with Crippen LogP contribution in [0.25, 0.3) is 0 Å². The molecule has 0 radical (unpaired) electrons. The van der Waals surface area contributed by atoms with Crippen LogP contribution in [-0.2, 0) is 0 Å². The van der Waals surface area contributed by atoms with Crippen LogP contribution in [0.4, 0.5) is 4.39 Å². The van der Waals surface area contributed by atoms with Crippen LogP contribution in [0.3, 0.4) is 0 Å². The zero-order valence-electron chi connectivity index (χ0n) is 12.0. The molecule has 1 amide bonds. The number of nitrogens with zero attached hydrogens (tertiary/aromatic N) is 2. The molecule has 0 aliphatic rings. The van der Waals surface area contributed by atoms with Crippen LogP contribution in [-0.4, -0.2) is 42.5 Å². The first-order chi connectivity index (χ1) is 8.90. The Bertz CT molecular complexity index is 404. The second-order valence-electron chi connectivity index (χ2n) is 5.33. The van der Waals surface area contributed by atoms with Gasteiger partial charge in [-0.05, 0) is 38.6 Å². The van der Waals surface area contributed by atoms with Gasteiger partial charge in [-0.15, -0.1) is 0 Å². The summed E-state index contributed by atoms with van der Waals surface area (Å²) in [5.41, 5.74) is 0.378. The Morgan fingerprint density at radius 2 is 2.11 bits per heavy atom. The Hall–Kier alpha value is -1.49. The molecule has 1 aromatic rings. The minimum atomic E-state index is -0.581. The quantitative estimate of drug-likeness (QED) is 0.801. The number of hydrogen-bond acceptors (Lipinski definition) is 3. The molecule has 1 atom stereocenters. The van der Waals surface area contributed by atoms with Crippen LogP contribution in [0, 0.1) is 11.9 Å². The van der Waals surface area contributed by atoms with Crippen molar-refractivity contribution in [2.45, 2.75) is 26.3 Å². The lowest BCUT2D eigenvalue weighted by Gasteiger charge is -2.26. The lowest BCUT2D eigenvalue weighted by Crippen LogP contribution is -2.41. The first-order valence-electron chi connectivity index (χ1n) is 6.46. The van der Waals surface area contributed by atoms with Gasteiger partial charge in [0.25, 0.3) is 5.91 Å². The van der Waals surface area contributed by atoms with E-state index in [1.807, 2.05) is 14.1 Å². The minimum absolute atomic E-state index is 0.219. The van der Waals surface area contributed by atoms with Crippen LogP contribution in [0.15, 0.2) is 18.3 Å². The SMILES string of the molecule is CC(C)CC(CNC(=O)c1ccc(F)nc1)N(C)C. The van der Waals surface area contributed by atoms with Crippen molar-refractivity contribution < 1.29 is 9.18 Å². The number of carbonyl (C=O) groups is 1. The standard InChI is InChI=1S/C14H22FN3O/c1-10(2)7-12(18(3)4)9-17-14(19)11-5-6-13(15)16-8-11/h5-6,8,10,12H,7,9H2,1-4H3,(H,17,19). The number of nitrogens with one attached hydrogen (secondary N) is 1. The van der Waals surface area contributed by atoms with Gasteiger partial charge < -0.3 is 10.2 Å². The van der Waals surface area contributed by atoms with Crippen molar-refractivity contribution in [3.63, 3.8) is 0 Å². The van der Waals surface area contributed by atoms with E-state index in [4.69, 9.17) is 0 Å². The maximum Gasteiger partial charge on any atom is 0.252 e. The Labute approximate surface area is 114 Å². The zero-order valence-corrected chi connectivity index (χ0v) is 12.0. The molecule has 1 aromatic heterocycles. The average Bonchev–Trinajstić information content (AvgIpc) is 2.34. The van der Waals surface area contributed by atoms with Crippen molar-refractivity contribution >= 4 is 5.91 Å². The second kappa shape index (κ2) is 7.19. The van der Waals surface area contributed by atoms with E-state index in [0.717, 1.165) is 6.42 Å². The molecule has 0 saturated heterocycles. The van der Waals surface area contributed by atoms with Crippen molar-refractivity contribution in [3.05, 3.63) is 29.8 Å². The van der Waals surface area contributed by atoms with E-state index in [1.54, 1.807) is 0 Å². The highest BCUT2D eigenvalue weighted by Crippen LogP contribution is 2.08. The molecule has 5 heteroatoms. The summed E-state index contributed by atoms with van der Waals surface area (Å²) >= 11 is 0. The third kappa shape index (κ3) is 5.34. The first kappa shape index (κ1) is 15.6. The largest absolute Gasteiger partial charge is 0.350 e. The molecule has 0 aliphatic heterocycles. The fraction of sp³-hybridized carbons (Fsp3) is 0.571. The van der Waals surface area contributed by atoms with E-state index < -0.39 is 5.95 Å². The summed E-state index contributed by atoms with van der Waals surface area (Å²) in [6.45, 7) is 4.88. The topological polar surface area (TPSA) is 45.2 Å².